The van der Waals surface area contributed by atoms with E-state index in [-0.39, 0.29) is 42.5 Å². The van der Waals surface area contributed by atoms with Gasteiger partial charge in [0.15, 0.2) is 5.69 Å². The predicted molar refractivity (Wildman–Crippen MR) is 132 cm³/mol. The number of ether oxygens (including phenoxy) is 2. The van der Waals surface area contributed by atoms with Gasteiger partial charge in [-0.3, -0.25) is 4.79 Å². The highest BCUT2D eigenvalue weighted by atomic mass is 32.1. The molecule has 34 heavy (non-hydrogen) atoms. The van der Waals surface area contributed by atoms with Crippen LogP contribution in [0.3, 0.4) is 0 Å². The van der Waals surface area contributed by atoms with Crippen molar-refractivity contribution in [1.82, 2.24) is 15.2 Å². The van der Waals surface area contributed by atoms with Gasteiger partial charge < -0.3 is 24.8 Å². The van der Waals surface area contributed by atoms with Crippen LogP contribution < -0.4 is 5.32 Å². The second-order valence-corrected chi connectivity index (χ2v) is 10.7. The lowest BCUT2D eigenvalue weighted by molar-refractivity contribution is -0.137. The molecule has 2 N–H and O–H groups in total. The monoisotopic (exact) mass is 499 g/mol. The molecule has 1 aromatic rings. The van der Waals surface area contributed by atoms with Gasteiger partial charge in [-0.15, -0.1) is 11.3 Å². The Morgan fingerprint density at radius 1 is 1.21 bits per heavy atom. The fourth-order valence-corrected chi connectivity index (χ4v) is 4.23. The number of likely N-dealkylation sites (N-methyl/N-ethyl adjacent to an activating group) is 1. The Morgan fingerprint density at radius 2 is 1.82 bits per heavy atom. The van der Waals surface area contributed by atoms with Crippen LogP contribution in [0.5, 0.6) is 0 Å². The van der Waals surface area contributed by atoms with E-state index in [0.717, 1.165) is 0 Å². The van der Waals surface area contributed by atoms with Crippen LogP contribution >= 0.6 is 11.3 Å². The number of aromatic nitrogens is 1. The molecule has 194 valence electrons. The van der Waals surface area contributed by atoms with Gasteiger partial charge in [-0.2, -0.15) is 0 Å². The van der Waals surface area contributed by atoms with Crippen LogP contribution in [0.15, 0.2) is 5.38 Å². The minimum absolute atomic E-state index is 0.0206. The molecule has 1 aromatic heterocycles. The van der Waals surface area contributed by atoms with Crippen LogP contribution in [0.1, 0.15) is 89.8 Å². The van der Waals surface area contributed by atoms with Crippen molar-refractivity contribution in [3.63, 3.8) is 0 Å². The van der Waals surface area contributed by atoms with E-state index < -0.39 is 29.8 Å². The minimum atomic E-state index is -0.961. The summed E-state index contributed by atoms with van der Waals surface area (Å²) < 4.78 is 10.3. The number of carbonyl (C=O) groups is 3. The van der Waals surface area contributed by atoms with Gasteiger partial charge in [-0.05, 0) is 39.5 Å². The Hall–Kier alpha value is -2.20. The average molecular weight is 500 g/mol. The van der Waals surface area contributed by atoms with Crippen molar-refractivity contribution in [3.05, 3.63) is 16.1 Å². The Morgan fingerprint density at radius 3 is 2.32 bits per heavy atom. The molecule has 9 nitrogen and oxygen atoms in total. The zero-order valence-electron chi connectivity index (χ0n) is 21.9. The van der Waals surface area contributed by atoms with E-state index in [1.165, 1.54) is 11.3 Å². The number of nitrogens with one attached hydrogen (secondary N) is 1. The molecule has 0 aliphatic heterocycles. The number of carbonyl (C=O) groups excluding carboxylic acids is 3. The summed E-state index contributed by atoms with van der Waals surface area (Å²) in [5, 5.41) is 15.5. The van der Waals surface area contributed by atoms with Crippen molar-refractivity contribution in [3.8, 4) is 0 Å². The molecule has 0 aliphatic rings. The molecule has 0 aliphatic carbocycles. The third-order valence-corrected chi connectivity index (χ3v) is 6.47. The summed E-state index contributed by atoms with van der Waals surface area (Å²) in [6, 6.07) is -1.09. The second kappa shape index (κ2) is 13.0. The quantitative estimate of drug-likeness (QED) is 0.439. The van der Waals surface area contributed by atoms with Crippen LogP contribution in [-0.4, -0.2) is 64.3 Å². The summed E-state index contributed by atoms with van der Waals surface area (Å²) in [6.07, 6.45) is -0.688. The first-order valence-corrected chi connectivity index (χ1v) is 12.7. The minimum Gasteiger partial charge on any atom is -0.461 e. The highest BCUT2D eigenvalue weighted by molar-refractivity contribution is 7.09. The molecule has 0 fully saturated rings. The molecule has 1 heterocycles. The van der Waals surface area contributed by atoms with Crippen molar-refractivity contribution in [2.24, 2.45) is 11.8 Å². The van der Waals surface area contributed by atoms with E-state index in [1.807, 2.05) is 27.7 Å². The van der Waals surface area contributed by atoms with E-state index in [2.05, 4.69) is 10.3 Å². The Labute approximate surface area is 207 Å². The van der Waals surface area contributed by atoms with Crippen molar-refractivity contribution in [2.75, 3.05) is 13.7 Å². The standard InChI is InChI=1S/C24H41N3O6S/c1-10-15(5)19(26-23(31)33-24(6,7)8)21(29)27(9)17(14(3)4)12-18(28)20-25-16(13-34-20)22(30)32-11-2/h13-15,17-19,28H,10-12H2,1-9H3,(H,26,31). The molecule has 2 amide bonds. The van der Waals surface area contributed by atoms with Crippen molar-refractivity contribution >= 4 is 29.3 Å². The number of aliphatic hydroxyl groups excluding tert-OH is 1. The normalized spacial score (nSPS) is 15.3. The smallest absolute Gasteiger partial charge is 0.408 e. The van der Waals surface area contributed by atoms with E-state index >= 15 is 0 Å². The van der Waals surface area contributed by atoms with E-state index in [9.17, 15) is 19.5 Å². The zero-order valence-corrected chi connectivity index (χ0v) is 22.7. The summed E-state index contributed by atoms with van der Waals surface area (Å²) in [6.45, 7) is 15.0. The lowest BCUT2D eigenvalue weighted by atomic mass is 9.93. The Bertz CT molecular complexity index is 820. The lowest BCUT2D eigenvalue weighted by Gasteiger charge is -2.36. The molecule has 4 unspecified atom stereocenters. The summed E-state index contributed by atoms with van der Waals surface area (Å²) >= 11 is 1.18. The molecule has 10 heteroatoms. The van der Waals surface area contributed by atoms with Crippen molar-refractivity contribution in [1.29, 1.82) is 0 Å². The predicted octanol–water partition coefficient (Wildman–Crippen LogP) is 4.17. The van der Waals surface area contributed by atoms with Crippen molar-refractivity contribution < 1.29 is 29.0 Å². The van der Waals surface area contributed by atoms with Crippen LogP contribution in [-0.2, 0) is 14.3 Å². The van der Waals surface area contributed by atoms with Crippen molar-refractivity contribution in [2.45, 2.75) is 92.0 Å². The number of aliphatic hydroxyl groups is 1. The lowest BCUT2D eigenvalue weighted by Crippen LogP contribution is -2.54. The van der Waals surface area contributed by atoms with E-state index in [0.29, 0.717) is 11.4 Å². The summed E-state index contributed by atoms with van der Waals surface area (Å²) in [5.74, 6) is -0.884. The molecule has 4 atom stereocenters. The maximum Gasteiger partial charge on any atom is 0.408 e. The molecule has 1 rings (SSSR count). The number of amides is 2. The third kappa shape index (κ3) is 8.87. The number of nitrogens with zero attached hydrogens (tertiary/aromatic N) is 2. The fourth-order valence-electron chi connectivity index (χ4n) is 3.45. The summed E-state index contributed by atoms with van der Waals surface area (Å²) in [5.41, 5.74) is -0.524. The molecule has 0 aromatic carbocycles. The average Bonchev–Trinajstić information content (AvgIpc) is 3.23. The SMILES string of the molecule is CCOC(=O)c1csc(C(O)CC(C(C)C)N(C)C(=O)C(NC(=O)OC(C)(C)C)C(C)CC)n1. The van der Waals surface area contributed by atoms with E-state index in [1.54, 1.807) is 45.0 Å². The molecule has 0 bridgehead atoms. The highest BCUT2D eigenvalue weighted by Crippen LogP contribution is 2.28. The highest BCUT2D eigenvalue weighted by Gasteiger charge is 2.35. The first-order chi connectivity index (χ1) is 15.7. The third-order valence-electron chi connectivity index (χ3n) is 5.52. The second-order valence-electron chi connectivity index (χ2n) is 9.81. The molecular formula is C24H41N3O6S. The van der Waals surface area contributed by atoms with Crippen LogP contribution in [0, 0.1) is 11.8 Å². The molecule has 0 spiro atoms. The van der Waals surface area contributed by atoms with Crippen LogP contribution in [0.25, 0.3) is 0 Å². The van der Waals surface area contributed by atoms with Gasteiger partial charge in [0.2, 0.25) is 5.91 Å². The summed E-state index contributed by atoms with van der Waals surface area (Å²) in [4.78, 5) is 43.6. The number of thiazole rings is 1. The first kappa shape index (κ1) is 29.8. The largest absolute Gasteiger partial charge is 0.461 e. The maximum atomic E-state index is 13.5. The first-order valence-electron chi connectivity index (χ1n) is 11.8. The Balaban J connectivity index is 3.02. The molecule has 0 saturated carbocycles. The number of hydrogen-bond donors (Lipinski definition) is 2. The molecule has 0 saturated heterocycles. The van der Waals surface area contributed by atoms with Crippen LogP contribution in [0.2, 0.25) is 0 Å². The number of rotatable bonds is 11. The van der Waals surface area contributed by atoms with Gasteiger partial charge in [0.1, 0.15) is 22.8 Å². The zero-order chi connectivity index (χ0) is 26.2. The van der Waals surface area contributed by atoms with Gasteiger partial charge in [-0.1, -0.05) is 34.1 Å². The van der Waals surface area contributed by atoms with Gasteiger partial charge in [0, 0.05) is 24.9 Å². The molecular weight excluding hydrogens is 458 g/mol. The fraction of sp³-hybridized carbons (Fsp3) is 0.750. The van der Waals surface area contributed by atoms with Gasteiger partial charge in [0.05, 0.1) is 6.61 Å². The summed E-state index contributed by atoms with van der Waals surface area (Å²) in [7, 11) is 1.68. The molecule has 0 radical (unpaired) electrons. The number of esters is 1. The number of hydrogen-bond acceptors (Lipinski definition) is 8. The van der Waals surface area contributed by atoms with Crippen LogP contribution in [0.4, 0.5) is 4.79 Å². The van der Waals surface area contributed by atoms with Gasteiger partial charge in [0.25, 0.3) is 0 Å². The van der Waals surface area contributed by atoms with E-state index in [4.69, 9.17) is 9.47 Å². The maximum absolute atomic E-state index is 13.5. The number of alkyl carbamates (subject to hydrolysis) is 1. The van der Waals surface area contributed by atoms with Gasteiger partial charge in [-0.25, -0.2) is 14.6 Å². The van der Waals surface area contributed by atoms with Gasteiger partial charge >= 0.3 is 12.1 Å². The topological polar surface area (TPSA) is 118 Å². The Kier molecular flexibility index (Phi) is 11.4.